The third-order valence-corrected chi connectivity index (χ3v) is 6.55. The number of carbonyl (C=O) groups excluding carboxylic acids is 1. The van der Waals surface area contributed by atoms with Crippen molar-refractivity contribution in [2.24, 2.45) is 0 Å². The Bertz CT molecular complexity index is 1060. The number of rotatable bonds is 3. The Balaban J connectivity index is 1.80. The molecule has 0 aliphatic carbocycles. The Kier molecular flexibility index (Phi) is 3.72. The van der Waals surface area contributed by atoms with Crippen LogP contribution in [0.25, 0.3) is 0 Å². The highest BCUT2D eigenvalue weighted by Gasteiger charge is 2.71. The minimum atomic E-state index is -1.25. The fourth-order valence-electron chi connectivity index (χ4n) is 5.62. The van der Waals surface area contributed by atoms with Crippen LogP contribution in [0, 0.1) is 20.2 Å². The standard InChI is InChI=1S/C20H18N4O5/c25-19-20(14-7-1-2-8-15(14)21-19)17(12-5-3-6-13(11-12)23(26)27)18(24(28)29)16-9-4-10-22(16)20/h1-3,5-8,11,16-18H,4,9-10H2,(H,21,25)/t16-,17-,18+,20+/m1/s1. The zero-order chi connectivity index (χ0) is 20.3. The van der Waals surface area contributed by atoms with E-state index in [1.807, 2.05) is 23.1 Å². The number of fused-ring (bicyclic) bond motifs is 4. The van der Waals surface area contributed by atoms with E-state index in [4.69, 9.17) is 0 Å². The van der Waals surface area contributed by atoms with Crippen LogP contribution in [-0.4, -0.2) is 39.3 Å². The molecule has 1 spiro atoms. The van der Waals surface area contributed by atoms with Crippen LogP contribution in [-0.2, 0) is 10.3 Å². The van der Waals surface area contributed by atoms with Crippen molar-refractivity contribution in [3.05, 3.63) is 79.9 Å². The molecule has 3 aliphatic heterocycles. The number of nitro benzene ring substituents is 1. The number of amides is 1. The van der Waals surface area contributed by atoms with E-state index in [2.05, 4.69) is 5.32 Å². The molecule has 0 saturated carbocycles. The minimum Gasteiger partial charge on any atom is -0.324 e. The van der Waals surface area contributed by atoms with Gasteiger partial charge in [0.1, 0.15) is 5.54 Å². The quantitative estimate of drug-likeness (QED) is 0.631. The molecule has 148 valence electrons. The Morgan fingerprint density at radius 2 is 1.90 bits per heavy atom. The van der Waals surface area contributed by atoms with E-state index in [-0.39, 0.29) is 16.5 Å². The Labute approximate surface area is 165 Å². The van der Waals surface area contributed by atoms with Crippen molar-refractivity contribution in [2.45, 2.75) is 36.4 Å². The molecule has 2 aromatic carbocycles. The van der Waals surface area contributed by atoms with E-state index in [0.717, 1.165) is 6.42 Å². The lowest BCUT2D eigenvalue weighted by Crippen LogP contribution is -2.50. The highest BCUT2D eigenvalue weighted by atomic mass is 16.6. The number of nitrogens with one attached hydrogen (secondary N) is 1. The van der Waals surface area contributed by atoms with E-state index in [1.165, 1.54) is 18.2 Å². The molecular formula is C20H18N4O5. The van der Waals surface area contributed by atoms with Crippen molar-refractivity contribution in [3.63, 3.8) is 0 Å². The third kappa shape index (κ3) is 2.21. The number of benzene rings is 2. The van der Waals surface area contributed by atoms with Gasteiger partial charge in [-0.05, 0) is 24.5 Å². The molecule has 2 saturated heterocycles. The number of hydrogen-bond donors (Lipinski definition) is 1. The highest BCUT2D eigenvalue weighted by molar-refractivity contribution is 6.07. The van der Waals surface area contributed by atoms with E-state index in [1.54, 1.807) is 12.1 Å². The number of nitrogens with zero attached hydrogens (tertiary/aromatic N) is 3. The Morgan fingerprint density at radius 1 is 1.10 bits per heavy atom. The summed E-state index contributed by atoms with van der Waals surface area (Å²) in [5, 5.41) is 26.5. The van der Waals surface area contributed by atoms with E-state index in [0.29, 0.717) is 29.8 Å². The van der Waals surface area contributed by atoms with Crippen molar-refractivity contribution in [3.8, 4) is 0 Å². The van der Waals surface area contributed by atoms with Gasteiger partial charge in [-0.2, -0.15) is 0 Å². The smallest absolute Gasteiger partial charge is 0.269 e. The summed E-state index contributed by atoms with van der Waals surface area (Å²) in [5.41, 5.74) is 0.408. The summed E-state index contributed by atoms with van der Waals surface area (Å²) in [5.74, 6) is -1.13. The van der Waals surface area contributed by atoms with Gasteiger partial charge < -0.3 is 5.32 Å². The molecule has 0 unspecified atom stereocenters. The van der Waals surface area contributed by atoms with E-state index < -0.39 is 28.5 Å². The van der Waals surface area contributed by atoms with Gasteiger partial charge in [-0.15, -0.1) is 0 Å². The minimum absolute atomic E-state index is 0.140. The van der Waals surface area contributed by atoms with Gasteiger partial charge in [-0.1, -0.05) is 30.3 Å². The van der Waals surface area contributed by atoms with Gasteiger partial charge >= 0.3 is 0 Å². The number of para-hydroxylation sites is 1. The molecule has 1 N–H and O–H groups in total. The molecule has 4 atom stereocenters. The average molecular weight is 394 g/mol. The zero-order valence-electron chi connectivity index (χ0n) is 15.4. The first kappa shape index (κ1) is 17.7. The molecule has 0 aromatic heterocycles. The second-order valence-electron chi connectivity index (χ2n) is 7.77. The van der Waals surface area contributed by atoms with Crippen LogP contribution in [0.4, 0.5) is 11.4 Å². The summed E-state index contributed by atoms with van der Waals surface area (Å²) in [6.07, 6.45) is 1.39. The largest absolute Gasteiger partial charge is 0.324 e. The monoisotopic (exact) mass is 394 g/mol. The maximum absolute atomic E-state index is 13.5. The number of carbonyl (C=O) groups is 1. The van der Waals surface area contributed by atoms with E-state index in [9.17, 15) is 25.0 Å². The number of non-ortho nitro benzene ring substituents is 1. The van der Waals surface area contributed by atoms with Crippen LogP contribution in [0.5, 0.6) is 0 Å². The van der Waals surface area contributed by atoms with Crippen LogP contribution in [0.15, 0.2) is 48.5 Å². The van der Waals surface area contributed by atoms with Crippen LogP contribution < -0.4 is 5.32 Å². The molecule has 5 rings (SSSR count). The molecule has 29 heavy (non-hydrogen) atoms. The first-order valence-electron chi connectivity index (χ1n) is 9.52. The molecule has 3 heterocycles. The van der Waals surface area contributed by atoms with Crippen LogP contribution in [0.2, 0.25) is 0 Å². The Hall–Kier alpha value is -3.33. The average Bonchev–Trinajstić information content (AvgIpc) is 3.35. The summed E-state index contributed by atoms with van der Waals surface area (Å²) in [7, 11) is 0. The van der Waals surface area contributed by atoms with Crippen LogP contribution >= 0.6 is 0 Å². The third-order valence-electron chi connectivity index (χ3n) is 6.55. The van der Waals surface area contributed by atoms with Crippen molar-refractivity contribution < 1.29 is 14.6 Å². The number of anilines is 1. The molecule has 0 bridgehead atoms. The van der Waals surface area contributed by atoms with Crippen molar-refractivity contribution in [2.75, 3.05) is 11.9 Å². The van der Waals surface area contributed by atoms with Gasteiger partial charge in [-0.3, -0.25) is 29.9 Å². The van der Waals surface area contributed by atoms with Crippen molar-refractivity contribution in [1.29, 1.82) is 0 Å². The fraction of sp³-hybridized carbons (Fsp3) is 0.350. The van der Waals surface area contributed by atoms with E-state index >= 15 is 0 Å². The lowest BCUT2D eigenvalue weighted by Gasteiger charge is -2.36. The lowest BCUT2D eigenvalue weighted by molar-refractivity contribution is -0.527. The zero-order valence-corrected chi connectivity index (χ0v) is 15.4. The molecule has 2 aromatic rings. The second kappa shape index (κ2) is 6.08. The maximum Gasteiger partial charge on any atom is 0.269 e. The van der Waals surface area contributed by atoms with Crippen LogP contribution in [0.1, 0.15) is 29.9 Å². The normalized spacial score (nSPS) is 30.2. The van der Waals surface area contributed by atoms with Crippen molar-refractivity contribution >= 4 is 17.3 Å². The molecule has 0 radical (unpaired) electrons. The summed E-state index contributed by atoms with van der Waals surface area (Å²) in [4.78, 5) is 38.2. The van der Waals surface area contributed by atoms with Gasteiger partial charge in [0.25, 0.3) is 11.6 Å². The molecule has 9 nitrogen and oxygen atoms in total. The first-order chi connectivity index (χ1) is 14.0. The van der Waals surface area contributed by atoms with Gasteiger partial charge in [0, 0.05) is 34.9 Å². The summed E-state index contributed by atoms with van der Waals surface area (Å²) >= 11 is 0. The highest BCUT2D eigenvalue weighted by Crippen LogP contribution is 2.59. The predicted molar refractivity (Wildman–Crippen MR) is 103 cm³/mol. The maximum atomic E-state index is 13.5. The molecule has 9 heteroatoms. The SMILES string of the molecule is O=C1Nc2ccccc2[C@]12[C@H](c1cccc([N+](=O)[O-])c1)[C@@H]([N+](=O)[O-])[C@H]1CCCN12. The molecule has 2 fully saturated rings. The fourth-order valence-corrected chi connectivity index (χ4v) is 5.62. The van der Waals surface area contributed by atoms with Gasteiger partial charge in [0.05, 0.1) is 16.9 Å². The number of nitro groups is 2. The first-order valence-corrected chi connectivity index (χ1v) is 9.52. The van der Waals surface area contributed by atoms with Gasteiger partial charge in [-0.25, -0.2) is 0 Å². The van der Waals surface area contributed by atoms with Crippen LogP contribution in [0.3, 0.4) is 0 Å². The number of hydrogen-bond acceptors (Lipinski definition) is 6. The van der Waals surface area contributed by atoms with Crippen molar-refractivity contribution in [1.82, 2.24) is 4.90 Å². The summed E-state index contributed by atoms with van der Waals surface area (Å²) in [6.45, 7) is 0.572. The summed E-state index contributed by atoms with van der Waals surface area (Å²) < 4.78 is 0. The predicted octanol–water partition coefficient (Wildman–Crippen LogP) is 2.65. The molecule has 3 aliphatic rings. The van der Waals surface area contributed by atoms with Gasteiger partial charge in [0.15, 0.2) is 0 Å². The topological polar surface area (TPSA) is 119 Å². The van der Waals surface area contributed by atoms with Gasteiger partial charge in [0.2, 0.25) is 6.04 Å². The molecular weight excluding hydrogens is 376 g/mol. The Morgan fingerprint density at radius 3 is 2.66 bits per heavy atom. The molecule has 1 amide bonds. The summed E-state index contributed by atoms with van der Waals surface area (Å²) in [6, 6.07) is 11.7. The second-order valence-corrected chi connectivity index (χ2v) is 7.77. The lowest BCUT2D eigenvalue weighted by atomic mass is 9.73.